The standard InChI is InChI=1S/C17H9ClN2S/c18-12-6-3-7-14-15(12)16-17(21-14)11-5-2-1-4-10(11)13(20-16)8-9-19/h1-7H,8H2. The molecular formula is C17H9ClN2S. The smallest absolute Gasteiger partial charge is 0.0913 e. The minimum absolute atomic E-state index is 0.304. The van der Waals surface area contributed by atoms with Gasteiger partial charge in [0.05, 0.1) is 33.4 Å². The summed E-state index contributed by atoms with van der Waals surface area (Å²) >= 11 is 8.06. The molecule has 0 spiro atoms. The van der Waals surface area contributed by atoms with E-state index in [1.54, 1.807) is 11.3 Å². The summed E-state index contributed by atoms with van der Waals surface area (Å²) in [5.74, 6) is 0. The average Bonchev–Trinajstić information content (AvgIpc) is 2.88. The topological polar surface area (TPSA) is 36.7 Å². The molecule has 100 valence electrons. The van der Waals surface area contributed by atoms with E-state index in [1.807, 2.05) is 30.3 Å². The number of hydrogen-bond acceptors (Lipinski definition) is 3. The number of aromatic nitrogens is 1. The third kappa shape index (κ3) is 1.80. The lowest BCUT2D eigenvalue weighted by Gasteiger charge is -2.04. The molecule has 4 rings (SSSR count). The molecule has 0 bridgehead atoms. The monoisotopic (exact) mass is 308 g/mol. The van der Waals surface area contributed by atoms with Crippen molar-refractivity contribution in [1.82, 2.24) is 4.98 Å². The summed E-state index contributed by atoms with van der Waals surface area (Å²) in [6, 6.07) is 16.2. The van der Waals surface area contributed by atoms with Gasteiger partial charge in [-0.15, -0.1) is 11.3 Å². The zero-order valence-corrected chi connectivity index (χ0v) is 12.5. The van der Waals surface area contributed by atoms with Crippen LogP contribution in [0.5, 0.6) is 0 Å². The Morgan fingerprint density at radius 2 is 1.90 bits per heavy atom. The SMILES string of the molecule is N#CCc1nc2c(sc3cccc(Cl)c32)c2ccccc12. The van der Waals surface area contributed by atoms with Gasteiger partial charge in [-0.3, -0.25) is 0 Å². The van der Waals surface area contributed by atoms with Gasteiger partial charge >= 0.3 is 0 Å². The molecule has 21 heavy (non-hydrogen) atoms. The van der Waals surface area contributed by atoms with Gasteiger partial charge in [-0.05, 0) is 12.1 Å². The minimum Gasteiger partial charge on any atom is -0.249 e. The zero-order chi connectivity index (χ0) is 14.4. The Hall–Kier alpha value is -2.15. The molecule has 0 atom stereocenters. The Morgan fingerprint density at radius 3 is 2.71 bits per heavy atom. The van der Waals surface area contributed by atoms with Crippen LogP contribution in [0.2, 0.25) is 5.02 Å². The fraction of sp³-hybridized carbons (Fsp3) is 0.0588. The third-order valence-corrected chi connectivity index (χ3v) is 5.11. The molecule has 0 aliphatic carbocycles. The van der Waals surface area contributed by atoms with Gasteiger partial charge in [0.15, 0.2) is 0 Å². The third-order valence-electron chi connectivity index (χ3n) is 3.62. The van der Waals surface area contributed by atoms with Crippen molar-refractivity contribution in [3.05, 3.63) is 53.2 Å². The number of thiophene rings is 1. The summed E-state index contributed by atoms with van der Waals surface area (Å²) in [6.07, 6.45) is 0.304. The van der Waals surface area contributed by atoms with Crippen LogP contribution in [0.3, 0.4) is 0 Å². The summed E-state index contributed by atoms with van der Waals surface area (Å²) in [7, 11) is 0. The molecule has 4 heteroatoms. The van der Waals surface area contributed by atoms with Crippen LogP contribution in [0.4, 0.5) is 0 Å². The Bertz CT molecular complexity index is 1040. The Kier molecular flexibility index (Phi) is 2.81. The molecule has 0 N–H and O–H groups in total. The van der Waals surface area contributed by atoms with Crippen LogP contribution in [-0.4, -0.2) is 4.98 Å². The lowest BCUT2D eigenvalue weighted by molar-refractivity contribution is 1.18. The summed E-state index contributed by atoms with van der Waals surface area (Å²) in [6.45, 7) is 0. The van der Waals surface area contributed by atoms with E-state index in [0.29, 0.717) is 11.4 Å². The van der Waals surface area contributed by atoms with Crippen LogP contribution in [0.1, 0.15) is 5.69 Å². The van der Waals surface area contributed by atoms with Gasteiger partial charge in [0.2, 0.25) is 0 Å². The summed E-state index contributed by atoms with van der Waals surface area (Å²) in [4.78, 5) is 4.75. The number of pyridine rings is 1. The molecule has 0 unspecified atom stereocenters. The van der Waals surface area contributed by atoms with Gasteiger partial charge in [0, 0.05) is 20.9 Å². The van der Waals surface area contributed by atoms with Gasteiger partial charge in [0.25, 0.3) is 0 Å². The number of nitrogens with zero attached hydrogens (tertiary/aromatic N) is 2. The largest absolute Gasteiger partial charge is 0.249 e. The first-order chi connectivity index (χ1) is 10.3. The number of hydrogen-bond donors (Lipinski definition) is 0. The quantitative estimate of drug-likeness (QED) is 0.477. The molecular weight excluding hydrogens is 300 g/mol. The van der Waals surface area contributed by atoms with Gasteiger partial charge < -0.3 is 0 Å². The van der Waals surface area contributed by atoms with E-state index >= 15 is 0 Å². The van der Waals surface area contributed by atoms with Gasteiger partial charge in [-0.25, -0.2) is 4.98 Å². The fourth-order valence-electron chi connectivity index (χ4n) is 2.72. The van der Waals surface area contributed by atoms with E-state index in [0.717, 1.165) is 36.8 Å². The van der Waals surface area contributed by atoms with E-state index in [9.17, 15) is 0 Å². The van der Waals surface area contributed by atoms with E-state index in [4.69, 9.17) is 21.8 Å². The second-order valence-electron chi connectivity index (χ2n) is 4.83. The number of rotatable bonds is 1. The first kappa shape index (κ1) is 12.6. The number of halogens is 1. The molecule has 0 radical (unpaired) electrons. The summed E-state index contributed by atoms with van der Waals surface area (Å²) in [5, 5.41) is 13.0. The van der Waals surface area contributed by atoms with Crippen molar-refractivity contribution in [2.75, 3.05) is 0 Å². The highest BCUT2D eigenvalue weighted by Gasteiger charge is 2.14. The van der Waals surface area contributed by atoms with Crippen molar-refractivity contribution in [2.24, 2.45) is 0 Å². The van der Waals surface area contributed by atoms with Crippen LogP contribution in [0, 0.1) is 11.3 Å². The second kappa shape index (κ2) is 4.70. The highest BCUT2D eigenvalue weighted by Crippen LogP contribution is 2.40. The molecule has 2 heterocycles. The molecule has 0 fully saturated rings. The molecule has 0 aliphatic rings. The normalized spacial score (nSPS) is 11.2. The molecule has 2 nitrogen and oxygen atoms in total. The van der Waals surface area contributed by atoms with E-state index in [1.165, 1.54) is 0 Å². The van der Waals surface area contributed by atoms with E-state index in [-0.39, 0.29) is 0 Å². The van der Waals surface area contributed by atoms with Crippen LogP contribution < -0.4 is 0 Å². The zero-order valence-electron chi connectivity index (χ0n) is 10.9. The lowest BCUT2D eigenvalue weighted by Crippen LogP contribution is -1.91. The van der Waals surface area contributed by atoms with Gasteiger partial charge in [-0.2, -0.15) is 5.26 Å². The highest BCUT2D eigenvalue weighted by atomic mass is 35.5. The van der Waals surface area contributed by atoms with E-state index < -0.39 is 0 Å². The number of nitriles is 1. The van der Waals surface area contributed by atoms with Crippen molar-refractivity contribution >= 4 is 54.0 Å². The van der Waals surface area contributed by atoms with Crippen LogP contribution in [-0.2, 0) is 6.42 Å². The van der Waals surface area contributed by atoms with Crippen molar-refractivity contribution in [3.8, 4) is 6.07 Å². The van der Waals surface area contributed by atoms with E-state index in [2.05, 4.69) is 18.2 Å². The molecule has 4 aromatic rings. The van der Waals surface area contributed by atoms with Crippen molar-refractivity contribution in [3.63, 3.8) is 0 Å². The van der Waals surface area contributed by atoms with Crippen molar-refractivity contribution in [1.29, 1.82) is 5.26 Å². The molecule has 0 saturated heterocycles. The first-order valence-electron chi connectivity index (χ1n) is 6.55. The summed E-state index contributed by atoms with van der Waals surface area (Å²) in [5.41, 5.74) is 1.73. The molecule has 0 amide bonds. The Morgan fingerprint density at radius 1 is 1.10 bits per heavy atom. The molecule has 2 aromatic heterocycles. The number of benzene rings is 2. The maximum Gasteiger partial charge on any atom is 0.0913 e. The lowest BCUT2D eigenvalue weighted by atomic mass is 10.1. The van der Waals surface area contributed by atoms with Crippen LogP contribution in [0.15, 0.2) is 42.5 Å². The Balaban J connectivity index is 2.29. The Labute approximate surface area is 130 Å². The predicted molar refractivity (Wildman–Crippen MR) is 89.0 cm³/mol. The summed E-state index contributed by atoms with van der Waals surface area (Å²) < 4.78 is 2.26. The van der Waals surface area contributed by atoms with Crippen molar-refractivity contribution in [2.45, 2.75) is 6.42 Å². The van der Waals surface area contributed by atoms with Crippen molar-refractivity contribution < 1.29 is 0 Å². The molecule has 0 saturated carbocycles. The molecule has 2 aromatic carbocycles. The maximum atomic E-state index is 9.06. The average molecular weight is 309 g/mol. The minimum atomic E-state index is 0.304. The number of fused-ring (bicyclic) bond motifs is 5. The van der Waals surface area contributed by atoms with Crippen LogP contribution >= 0.6 is 22.9 Å². The highest BCUT2D eigenvalue weighted by molar-refractivity contribution is 7.26. The predicted octanol–water partition coefficient (Wildman–Crippen LogP) is 5.32. The second-order valence-corrected chi connectivity index (χ2v) is 6.29. The van der Waals surface area contributed by atoms with Gasteiger partial charge in [-0.1, -0.05) is 41.9 Å². The fourth-order valence-corrected chi connectivity index (χ4v) is 4.25. The van der Waals surface area contributed by atoms with Crippen LogP contribution in [0.25, 0.3) is 31.1 Å². The molecule has 0 aliphatic heterocycles. The van der Waals surface area contributed by atoms with Gasteiger partial charge in [0.1, 0.15) is 0 Å². The maximum absolute atomic E-state index is 9.06. The first-order valence-corrected chi connectivity index (χ1v) is 7.74.